The van der Waals surface area contributed by atoms with Crippen molar-refractivity contribution < 1.29 is 19.4 Å². The molecule has 0 saturated heterocycles. The van der Waals surface area contributed by atoms with Crippen LogP contribution in [0, 0.1) is 0 Å². The van der Waals surface area contributed by atoms with Crippen molar-refractivity contribution >= 4 is 22.5 Å². The molecule has 0 radical (unpaired) electrons. The van der Waals surface area contributed by atoms with Crippen LogP contribution in [0.25, 0.3) is 10.8 Å². The van der Waals surface area contributed by atoms with Crippen LogP contribution in [0.5, 0.6) is 5.75 Å². The Morgan fingerprint density at radius 1 is 0.870 bits per heavy atom. The molecule has 0 atom stereocenters. The van der Waals surface area contributed by atoms with Crippen LogP contribution in [0.1, 0.15) is 26.3 Å². The van der Waals surface area contributed by atoms with Gasteiger partial charge in [-0.1, -0.05) is 24.3 Å². The lowest BCUT2D eigenvalue weighted by Gasteiger charge is -2.08. The average Bonchev–Trinajstić information content (AvgIpc) is 2.60. The van der Waals surface area contributed by atoms with E-state index in [0.717, 1.165) is 10.8 Å². The Morgan fingerprint density at radius 3 is 1.96 bits per heavy atom. The first-order chi connectivity index (χ1) is 11.1. The third-order valence-corrected chi connectivity index (χ3v) is 3.71. The first-order valence-electron chi connectivity index (χ1n) is 7.05. The van der Waals surface area contributed by atoms with Crippen molar-refractivity contribution in [3.8, 4) is 5.75 Å². The molecule has 0 saturated carbocycles. The number of carboxylic acids is 1. The summed E-state index contributed by atoms with van der Waals surface area (Å²) in [4.78, 5) is 24.2. The molecule has 3 aromatic carbocycles. The summed E-state index contributed by atoms with van der Waals surface area (Å²) < 4.78 is 5.07. The lowest BCUT2D eigenvalue weighted by molar-refractivity contribution is 0.0693. The van der Waals surface area contributed by atoms with Gasteiger partial charge in [0.2, 0.25) is 0 Å². The number of rotatable bonds is 4. The van der Waals surface area contributed by atoms with E-state index in [-0.39, 0.29) is 16.9 Å². The van der Waals surface area contributed by atoms with Crippen LogP contribution in [-0.2, 0) is 0 Å². The molecule has 0 amide bonds. The summed E-state index contributed by atoms with van der Waals surface area (Å²) in [5.74, 6) is -0.804. The molecular formula is C19H14O4. The predicted molar refractivity (Wildman–Crippen MR) is 87.3 cm³/mol. The largest absolute Gasteiger partial charge is 0.497 e. The van der Waals surface area contributed by atoms with Gasteiger partial charge in [0.25, 0.3) is 0 Å². The molecule has 1 N–H and O–H groups in total. The first kappa shape index (κ1) is 14.8. The molecule has 0 fully saturated rings. The minimum absolute atomic E-state index is 0.00418. The maximum absolute atomic E-state index is 12.7. The van der Waals surface area contributed by atoms with Gasteiger partial charge in [-0.05, 0) is 47.2 Å². The molecule has 0 unspecified atom stereocenters. The number of ketones is 1. The number of aromatic carboxylic acids is 1. The van der Waals surface area contributed by atoms with E-state index in [1.165, 1.54) is 6.07 Å². The van der Waals surface area contributed by atoms with Crippen molar-refractivity contribution in [2.45, 2.75) is 0 Å². The van der Waals surface area contributed by atoms with E-state index in [9.17, 15) is 14.7 Å². The third kappa shape index (κ3) is 2.79. The topological polar surface area (TPSA) is 63.6 Å². The second-order valence-corrected chi connectivity index (χ2v) is 5.11. The molecule has 0 aliphatic carbocycles. The Labute approximate surface area is 132 Å². The molecule has 0 spiro atoms. The number of ether oxygens (including phenoxy) is 1. The van der Waals surface area contributed by atoms with Gasteiger partial charge in [0, 0.05) is 11.1 Å². The van der Waals surface area contributed by atoms with Crippen LogP contribution in [0.2, 0.25) is 0 Å². The van der Waals surface area contributed by atoms with Crippen molar-refractivity contribution in [1.82, 2.24) is 0 Å². The average molecular weight is 306 g/mol. The first-order valence-corrected chi connectivity index (χ1v) is 7.05. The van der Waals surface area contributed by atoms with E-state index in [2.05, 4.69) is 0 Å². The summed E-state index contributed by atoms with van der Waals surface area (Å²) in [6.45, 7) is 0. The van der Waals surface area contributed by atoms with Gasteiger partial charge >= 0.3 is 5.97 Å². The number of hydrogen-bond donors (Lipinski definition) is 1. The Bertz CT molecular complexity index is 895. The smallest absolute Gasteiger partial charge is 0.336 e. The van der Waals surface area contributed by atoms with E-state index in [1.807, 2.05) is 24.3 Å². The van der Waals surface area contributed by atoms with E-state index < -0.39 is 5.97 Å². The zero-order chi connectivity index (χ0) is 16.4. The highest BCUT2D eigenvalue weighted by atomic mass is 16.5. The lowest BCUT2D eigenvalue weighted by atomic mass is 9.95. The van der Waals surface area contributed by atoms with Crippen molar-refractivity contribution in [2.75, 3.05) is 7.11 Å². The molecule has 4 nitrogen and oxygen atoms in total. The number of carbonyl (C=O) groups is 2. The third-order valence-electron chi connectivity index (χ3n) is 3.71. The van der Waals surface area contributed by atoms with Gasteiger partial charge in [0.15, 0.2) is 5.78 Å². The summed E-state index contributed by atoms with van der Waals surface area (Å²) >= 11 is 0. The van der Waals surface area contributed by atoms with Gasteiger partial charge in [-0.3, -0.25) is 4.79 Å². The zero-order valence-electron chi connectivity index (χ0n) is 12.4. The molecule has 23 heavy (non-hydrogen) atoms. The molecular weight excluding hydrogens is 292 g/mol. The molecule has 3 aromatic rings. The Kier molecular flexibility index (Phi) is 3.81. The molecule has 4 heteroatoms. The Hall–Kier alpha value is -3.14. The maximum Gasteiger partial charge on any atom is 0.336 e. The van der Waals surface area contributed by atoms with E-state index in [4.69, 9.17) is 4.74 Å². The predicted octanol–water partition coefficient (Wildman–Crippen LogP) is 3.78. The molecule has 0 aliphatic rings. The lowest BCUT2D eigenvalue weighted by Crippen LogP contribution is -2.10. The number of carboxylic acid groups (broad SMARTS) is 1. The number of carbonyl (C=O) groups excluding carboxylic acids is 1. The van der Waals surface area contributed by atoms with Crippen LogP contribution >= 0.6 is 0 Å². The van der Waals surface area contributed by atoms with E-state index in [1.54, 1.807) is 37.4 Å². The van der Waals surface area contributed by atoms with Gasteiger partial charge in [-0.15, -0.1) is 0 Å². The summed E-state index contributed by atoms with van der Waals surface area (Å²) in [6.07, 6.45) is 0. The number of fused-ring (bicyclic) bond motifs is 1. The van der Waals surface area contributed by atoms with Gasteiger partial charge < -0.3 is 9.84 Å². The van der Waals surface area contributed by atoms with Gasteiger partial charge in [-0.25, -0.2) is 4.79 Å². The standard InChI is InChI=1S/C19H14O4/c1-23-15-8-6-12(7-9-15)18(20)16-10-13-4-2-3-5-14(13)11-17(16)19(21)22/h2-11H,1H3,(H,21,22). The molecule has 0 heterocycles. The summed E-state index contributed by atoms with van der Waals surface area (Å²) in [5, 5.41) is 11.0. The number of hydrogen-bond acceptors (Lipinski definition) is 3. The molecule has 114 valence electrons. The quantitative estimate of drug-likeness (QED) is 0.745. The highest BCUT2D eigenvalue weighted by molar-refractivity contribution is 6.16. The van der Waals surface area contributed by atoms with Gasteiger partial charge in [0.1, 0.15) is 5.75 Å². The van der Waals surface area contributed by atoms with Crippen molar-refractivity contribution in [1.29, 1.82) is 0 Å². The minimum atomic E-state index is -1.12. The number of benzene rings is 3. The molecule has 0 aliphatic heterocycles. The van der Waals surface area contributed by atoms with Gasteiger partial charge in [0.05, 0.1) is 12.7 Å². The highest BCUT2D eigenvalue weighted by Gasteiger charge is 2.19. The summed E-state index contributed by atoms with van der Waals surface area (Å²) in [5.41, 5.74) is 0.606. The Balaban J connectivity index is 2.14. The Morgan fingerprint density at radius 2 is 1.43 bits per heavy atom. The van der Waals surface area contributed by atoms with Crippen molar-refractivity contribution in [3.63, 3.8) is 0 Å². The minimum Gasteiger partial charge on any atom is -0.497 e. The molecule has 0 aromatic heterocycles. The fourth-order valence-corrected chi connectivity index (χ4v) is 2.50. The highest BCUT2D eigenvalue weighted by Crippen LogP contribution is 2.23. The second-order valence-electron chi connectivity index (χ2n) is 5.11. The maximum atomic E-state index is 12.7. The molecule has 3 rings (SSSR count). The normalized spacial score (nSPS) is 10.5. The molecule has 0 bridgehead atoms. The zero-order valence-corrected chi connectivity index (χ0v) is 12.4. The summed E-state index contributed by atoms with van der Waals surface area (Å²) in [6, 6.07) is 17.1. The monoisotopic (exact) mass is 306 g/mol. The fraction of sp³-hybridized carbons (Fsp3) is 0.0526. The van der Waals surface area contributed by atoms with Crippen LogP contribution < -0.4 is 4.74 Å². The second kappa shape index (κ2) is 5.93. The van der Waals surface area contributed by atoms with Gasteiger partial charge in [-0.2, -0.15) is 0 Å². The number of methoxy groups -OCH3 is 1. The van der Waals surface area contributed by atoms with Crippen molar-refractivity contribution in [3.05, 3.63) is 77.4 Å². The van der Waals surface area contributed by atoms with Crippen LogP contribution in [0.15, 0.2) is 60.7 Å². The van der Waals surface area contributed by atoms with Crippen LogP contribution in [0.4, 0.5) is 0 Å². The SMILES string of the molecule is COc1ccc(C(=O)c2cc3ccccc3cc2C(=O)O)cc1. The summed E-state index contributed by atoms with van der Waals surface area (Å²) in [7, 11) is 1.54. The van der Waals surface area contributed by atoms with E-state index >= 15 is 0 Å². The van der Waals surface area contributed by atoms with Crippen LogP contribution in [0.3, 0.4) is 0 Å². The van der Waals surface area contributed by atoms with E-state index in [0.29, 0.717) is 11.3 Å². The van der Waals surface area contributed by atoms with Crippen molar-refractivity contribution in [2.24, 2.45) is 0 Å². The van der Waals surface area contributed by atoms with Crippen LogP contribution in [-0.4, -0.2) is 24.0 Å². The fourth-order valence-electron chi connectivity index (χ4n) is 2.50.